The minimum atomic E-state index is -3.98. The molecule has 6 N–H and O–H groups in total. The molecule has 2 saturated carbocycles. The van der Waals surface area contributed by atoms with Crippen LogP contribution in [0.25, 0.3) is 0 Å². The topological polar surface area (TPSA) is 241 Å². The molecule has 2 aromatic carbocycles. The molecule has 2 aliphatic carbocycles. The molecular formula is C57H67Cl2N9O8S3. The van der Waals surface area contributed by atoms with E-state index in [9.17, 15) is 27.9 Å². The maximum atomic E-state index is 13.9. The molecule has 2 aliphatic heterocycles. The van der Waals surface area contributed by atoms with E-state index >= 15 is 0 Å². The molecule has 6 heterocycles. The summed E-state index contributed by atoms with van der Waals surface area (Å²) in [5.74, 6) is 1.51. The molecule has 0 saturated heterocycles. The number of amides is 1. The van der Waals surface area contributed by atoms with Crippen molar-refractivity contribution in [2.45, 2.75) is 117 Å². The molecule has 0 unspecified atom stereocenters. The van der Waals surface area contributed by atoms with Gasteiger partial charge in [0.2, 0.25) is 11.6 Å². The van der Waals surface area contributed by atoms with Crippen molar-refractivity contribution in [3.05, 3.63) is 148 Å². The van der Waals surface area contributed by atoms with E-state index in [0.717, 1.165) is 69.8 Å². The molecule has 0 bridgehead atoms. The monoisotopic (exact) mass is 1170 g/mol. The van der Waals surface area contributed by atoms with Crippen molar-refractivity contribution < 1.29 is 36.8 Å². The molecule has 17 nitrogen and oxygen atoms in total. The van der Waals surface area contributed by atoms with Gasteiger partial charge in [-0.25, -0.2) is 29.9 Å². The zero-order valence-electron chi connectivity index (χ0n) is 45.2. The number of nitrogens with two attached hydrogens (primary N) is 1. The number of carbonyl (C=O) groups is 3. The van der Waals surface area contributed by atoms with E-state index in [1.54, 1.807) is 17.3 Å². The van der Waals surface area contributed by atoms with E-state index < -0.39 is 28.0 Å². The van der Waals surface area contributed by atoms with Crippen LogP contribution in [0.1, 0.15) is 146 Å². The van der Waals surface area contributed by atoms with Gasteiger partial charge in [-0.3, -0.25) is 18.7 Å². The highest BCUT2D eigenvalue weighted by Gasteiger charge is 2.39. The number of ether oxygens (including phenoxy) is 1. The van der Waals surface area contributed by atoms with Crippen molar-refractivity contribution in [2.75, 3.05) is 36.9 Å². The fourth-order valence-electron chi connectivity index (χ4n) is 11.5. The van der Waals surface area contributed by atoms with Crippen LogP contribution in [-0.4, -0.2) is 100 Å². The van der Waals surface area contributed by atoms with Crippen molar-refractivity contribution in [3.63, 3.8) is 0 Å². The summed E-state index contributed by atoms with van der Waals surface area (Å²) >= 11 is 15.6. The summed E-state index contributed by atoms with van der Waals surface area (Å²) in [5.41, 5.74) is 6.55. The Morgan fingerprint density at radius 2 is 1.30 bits per heavy atom. The van der Waals surface area contributed by atoms with Gasteiger partial charge in [-0.1, -0.05) is 49.2 Å². The molecule has 4 aliphatic rings. The Hall–Kier alpha value is -5.42. The van der Waals surface area contributed by atoms with Crippen molar-refractivity contribution >= 4 is 85.5 Å². The Bertz CT molecular complexity index is 3350. The molecule has 22 heteroatoms. The van der Waals surface area contributed by atoms with Crippen molar-refractivity contribution in [1.29, 1.82) is 0 Å². The van der Waals surface area contributed by atoms with Gasteiger partial charge in [0.25, 0.3) is 0 Å². The van der Waals surface area contributed by atoms with Crippen molar-refractivity contribution in [3.8, 4) is 0 Å². The number of benzene rings is 2. The lowest BCUT2D eigenvalue weighted by Gasteiger charge is -2.38. The summed E-state index contributed by atoms with van der Waals surface area (Å²) < 4.78 is 33.0. The van der Waals surface area contributed by atoms with Gasteiger partial charge >= 0.3 is 16.4 Å². The normalized spacial score (nSPS) is 22.8. The molecule has 79 heavy (non-hydrogen) atoms. The second-order valence-electron chi connectivity index (χ2n) is 22.2. The SMILES string of the molecule is Cc1sc(C(=O)c2cncnc2N[C@@H]2C[C@H](CO)[C@@H](C)C2)cc1[C@H]1c2cc(Cl)ccc2CCN1C(=O)OC(C)(C)C.Cc1sc(C(=O)c2cncnc2N[C@@H]2C[C@H](COS(N)(=O)=O)[C@@H](C)C2)cc1[C@@H]1NCCc2ccc(Cl)cc21. The van der Waals surface area contributed by atoms with E-state index in [1.807, 2.05) is 84.0 Å². The zero-order chi connectivity index (χ0) is 56.5. The average molecular weight is 1170 g/mol. The van der Waals surface area contributed by atoms with Gasteiger partial charge in [0.15, 0.2) is 0 Å². The number of thiophene rings is 2. The second-order valence-corrected chi connectivity index (χ2v) is 26.8. The van der Waals surface area contributed by atoms with Gasteiger partial charge in [0.05, 0.1) is 39.6 Å². The zero-order valence-corrected chi connectivity index (χ0v) is 49.2. The summed E-state index contributed by atoms with van der Waals surface area (Å²) in [6.45, 7) is 15.3. The first-order valence-corrected chi connectivity index (χ1v) is 30.4. The van der Waals surface area contributed by atoms with Crippen LogP contribution in [-0.2, 0) is 32.1 Å². The maximum Gasteiger partial charge on any atom is 0.411 e. The predicted molar refractivity (Wildman–Crippen MR) is 309 cm³/mol. The number of ketones is 2. The van der Waals surface area contributed by atoms with Crippen LogP contribution in [0.3, 0.4) is 0 Å². The van der Waals surface area contributed by atoms with Crippen LogP contribution in [0.4, 0.5) is 16.4 Å². The number of aryl methyl sites for hydroxylation is 2. The minimum absolute atomic E-state index is 0.00819. The lowest BCUT2D eigenvalue weighted by atomic mass is 9.88. The number of anilines is 2. The first-order valence-electron chi connectivity index (χ1n) is 26.5. The van der Waals surface area contributed by atoms with Gasteiger partial charge in [-0.2, -0.15) is 8.42 Å². The quantitative estimate of drug-likeness (QED) is 0.0637. The fourth-order valence-corrected chi connectivity index (χ4v) is 14.2. The summed E-state index contributed by atoms with van der Waals surface area (Å²) in [6.07, 6.45) is 10.3. The number of nitrogens with zero attached hydrogens (tertiary/aromatic N) is 5. The molecule has 10 rings (SSSR count). The van der Waals surface area contributed by atoms with Gasteiger partial charge in [0.1, 0.15) is 29.9 Å². The summed E-state index contributed by atoms with van der Waals surface area (Å²) in [6, 6.07) is 15.3. The van der Waals surface area contributed by atoms with Crippen LogP contribution < -0.4 is 21.1 Å². The maximum absolute atomic E-state index is 13.9. The first-order chi connectivity index (χ1) is 37.5. The third-order valence-electron chi connectivity index (χ3n) is 15.5. The summed E-state index contributed by atoms with van der Waals surface area (Å²) in [4.78, 5) is 62.9. The van der Waals surface area contributed by atoms with Crippen LogP contribution in [0, 0.1) is 37.5 Å². The fraction of sp³-hybridized carbons (Fsp3) is 0.456. The molecule has 2 fully saturated rings. The molecule has 0 spiro atoms. The molecule has 420 valence electrons. The third kappa shape index (κ3) is 13.7. The number of halogens is 2. The highest BCUT2D eigenvalue weighted by atomic mass is 35.5. The standard InChI is InChI=1S/C31H37ClN4O4S.C26H30ClN5O4S2/c1-17-10-22(11-20(17)15-37)35-29-25(14-33-16-34-29)28(38)26-13-23(18(2)41-26)27-24-12-21(32)7-6-19(24)8-9-36(27)30(39)40-31(3,4)5;1-14-7-19(8-17(14)12-36-38(28,34)35)32-26-22(11-29-13-31-26)25(33)23-10-20(15(2)37-23)24-21-9-18(27)4-3-16(21)5-6-30-24/h6-7,12-14,16-17,20,22,27,37H,8-11,15H2,1-5H3,(H,33,34,35);3-4,9-11,13-14,17,19,24,30H,5-8,12H2,1-2H3,(H2,28,34,35)(H,29,31,32)/t17-,20+,22-,27-;14-,17+,19-,24-/m00/s1. The number of hydrogen-bond acceptors (Lipinski definition) is 17. The average Bonchev–Trinajstić information content (AvgIpc) is 4.24. The van der Waals surface area contributed by atoms with Gasteiger partial charge in [0, 0.05) is 64.0 Å². The highest BCUT2D eigenvalue weighted by molar-refractivity contribution is 7.84. The Balaban J connectivity index is 0.000000192. The molecule has 1 amide bonds. The van der Waals surface area contributed by atoms with Crippen LogP contribution in [0.5, 0.6) is 0 Å². The number of nitrogens with one attached hydrogen (secondary N) is 3. The highest BCUT2D eigenvalue weighted by Crippen LogP contribution is 2.43. The second kappa shape index (κ2) is 24.4. The molecule has 4 aromatic heterocycles. The summed E-state index contributed by atoms with van der Waals surface area (Å²) in [5, 5.41) is 26.4. The van der Waals surface area contributed by atoms with E-state index in [0.29, 0.717) is 67.9 Å². The van der Waals surface area contributed by atoms with Crippen LogP contribution in [0.15, 0.2) is 73.6 Å². The van der Waals surface area contributed by atoms with Gasteiger partial charge < -0.3 is 25.8 Å². The number of aliphatic hydroxyl groups excluding tert-OH is 1. The number of hydrogen-bond donors (Lipinski definition) is 5. The number of fused-ring (bicyclic) bond motifs is 2. The number of rotatable bonds is 14. The van der Waals surface area contributed by atoms with Gasteiger partial charge in [-0.05, 0) is 167 Å². The Kier molecular flexibility index (Phi) is 18.0. The Morgan fingerprint density at radius 3 is 1.86 bits per heavy atom. The minimum Gasteiger partial charge on any atom is -0.444 e. The van der Waals surface area contributed by atoms with E-state index in [-0.39, 0.29) is 60.7 Å². The number of carbonyl (C=O) groups excluding carboxylic acids is 3. The van der Waals surface area contributed by atoms with Gasteiger partial charge in [-0.15, -0.1) is 22.7 Å². The molecule has 6 aromatic rings. The smallest absolute Gasteiger partial charge is 0.411 e. The lowest BCUT2D eigenvalue weighted by molar-refractivity contribution is 0.0178. The molecule has 0 radical (unpaired) electrons. The number of aromatic nitrogens is 4. The van der Waals surface area contributed by atoms with Crippen LogP contribution in [0.2, 0.25) is 10.0 Å². The predicted octanol–water partition coefficient (Wildman–Crippen LogP) is 10.4. The lowest BCUT2D eigenvalue weighted by Crippen LogP contribution is -2.43. The Labute approximate surface area is 479 Å². The van der Waals surface area contributed by atoms with E-state index in [2.05, 4.69) is 48.9 Å². The van der Waals surface area contributed by atoms with Crippen LogP contribution >= 0.6 is 45.9 Å². The van der Waals surface area contributed by atoms with E-state index in [1.165, 1.54) is 40.9 Å². The third-order valence-corrected chi connectivity index (χ3v) is 18.5. The first kappa shape index (κ1) is 58.2. The summed E-state index contributed by atoms with van der Waals surface area (Å²) in [7, 11) is -3.98. The number of aliphatic hydroxyl groups is 1. The molecule has 8 atom stereocenters. The van der Waals surface area contributed by atoms with E-state index in [4.69, 9.17) is 37.3 Å². The molecular weight excluding hydrogens is 1110 g/mol. The Morgan fingerprint density at radius 1 is 0.772 bits per heavy atom. The largest absolute Gasteiger partial charge is 0.444 e. The van der Waals surface area contributed by atoms with Crippen molar-refractivity contribution in [1.82, 2.24) is 30.2 Å². The van der Waals surface area contributed by atoms with Crippen molar-refractivity contribution in [2.24, 2.45) is 28.8 Å².